The van der Waals surface area contributed by atoms with Crippen LogP contribution < -0.4 is 5.32 Å². The first kappa shape index (κ1) is 14.9. The zero-order chi connectivity index (χ0) is 14.5. The fourth-order valence-corrected chi connectivity index (χ4v) is 3.07. The van der Waals surface area contributed by atoms with Crippen LogP contribution in [0.2, 0.25) is 0 Å². The monoisotopic (exact) mass is 293 g/mol. The minimum absolute atomic E-state index is 0.0222. The van der Waals surface area contributed by atoms with Crippen LogP contribution in [-0.2, 0) is 9.59 Å². The average molecular weight is 293 g/mol. The molecule has 0 heterocycles. The van der Waals surface area contributed by atoms with E-state index in [2.05, 4.69) is 17.9 Å². The van der Waals surface area contributed by atoms with Crippen LogP contribution in [0.4, 0.5) is 0 Å². The first-order valence-corrected chi connectivity index (χ1v) is 7.37. The minimum atomic E-state index is -1.05. The summed E-state index contributed by atoms with van der Waals surface area (Å²) in [4.78, 5) is 23.6. The Hall–Kier alpha value is -1.49. The molecule has 108 valence electrons. The van der Waals surface area contributed by atoms with E-state index < -0.39 is 12.0 Å². The molecular weight excluding hydrogens is 274 g/mol. The van der Waals surface area contributed by atoms with Crippen molar-refractivity contribution in [1.29, 1.82) is 0 Å². The third-order valence-corrected chi connectivity index (χ3v) is 4.35. The van der Waals surface area contributed by atoms with Crippen molar-refractivity contribution in [1.82, 2.24) is 5.32 Å². The Kier molecular flexibility index (Phi) is 5.06. The van der Waals surface area contributed by atoms with E-state index in [0.29, 0.717) is 5.56 Å². The van der Waals surface area contributed by atoms with Crippen molar-refractivity contribution in [2.45, 2.75) is 37.0 Å². The highest BCUT2D eigenvalue weighted by Crippen LogP contribution is 2.29. The van der Waals surface area contributed by atoms with Gasteiger partial charge in [0.15, 0.2) is 6.04 Å². The van der Waals surface area contributed by atoms with Crippen molar-refractivity contribution in [2.75, 3.05) is 0 Å². The molecule has 1 aliphatic carbocycles. The van der Waals surface area contributed by atoms with Crippen LogP contribution in [0, 0.1) is 5.92 Å². The van der Waals surface area contributed by atoms with Crippen LogP contribution in [0.3, 0.4) is 0 Å². The highest BCUT2D eigenvalue weighted by molar-refractivity contribution is 7.81. The Balaban J connectivity index is 2.08. The summed E-state index contributed by atoms with van der Waals surface area (Å²) in [6, 6.07) is 7.76. The number of nitrogens with one attached hydrogen (secondary N) is 1. The van der Waals surface area contributed by atoms with Gasteiger partial charge in [0.2, 0.25) is 5.91 Å². The molecule has 1 aromatic carbocycles. The Labute approximate surface area is 124 Å². The molecule has 0 aromatic heterocycles. The number of carboxylic acid groups (broad SMARTS) is 1. The summed E-state index contributed by atoms with van der Waals surface area (Å²) in [6.07, 6.45) is 3.77. The predicted molar refractivity (Wildman–Crippen MR) is 79.7 cm³/mol. The molecule has 2 N–H and O–H groups in total. The molecule has 2 rings (SSSR count). The van der Waals surface area contributed by atoms with Crippen molar-refractivity contribution >= 4 is 24.5 Å². The van der Waals surface area contributed by atoms with Crippen molar-refractivity contribution in [3.05, 3.63) is 35.9 Å². The molecule has 20 heavy (non-hydrogen) atoms. The molecule has 0 spiro atoms. The smallest absolute Gasteiger partial charge is 0.330 e. The van der Waals surface area contributed by atoms with Crippen LogP contribution in [0.5, 0.6) is 0 Å². The van der Waals surface area contributed by atoms with Gasteiger partial charge >= 0.3 is 5.97 Å². The molecule has 4 nitrogen and oxygen atoms in total. The Morgan fingerprint density at radius 2 is 1.85 bits per heavy atom. The molecule has 2 unspecified atom stereocenters. The number of carbonyl (C=O) groups is 2. The Morgan fingerprint density at radius 3 is 2.45 bits per heavy atom. The van der Waals surface area contributed by atoms with Gasteiger partial charge in [-0.15, -0.1) is 0 Å². The maximum Gasteiger partial charge on any atom is 0.330 e. The van der Waals surface area contributed by atoms with Crippen molar-refractivity contribution in [2.24, 2.45) is 5.92 Å². The summed E-state index contributed by atoms with van der Waals surface area (Å²) in [5, 5.41) is 12.0. The minimum Gasteiger partial charge on any atom is -0.479 e. The molecule has 1 aliphatic rings. The first-order chi connectivity index (χ1) is 9.59. The van der Waals surface area contributed by atoms with Crippen LogP contribution in [0.25, 0.3) is 0 Å². The summed E-state index contributed by atoms with van der Waals surface area (Å²) in [5.41, 5.74) is 0.583. The number of thiol groups is 1. The van der Waals surface area contributed by atoms with Crippen molar-refractivity contribution in [3.63, 3.8) is 0 Å². The van der Waals surface area contributed by atoms with E-state index in [-0.39, 0.29) is 17.1 Å². The zero-order valence-corrected chi connectivity index (χ0v) is 12.1. The standard InChI is InChI=1S/C15H19NO3S/c17-14(11-8-4-5-9-12(11)20)16-13(15(18)19)10-6-2-1-3-7-10/h1-3,6-7,11-13,20H,4-5,8-9H2,(H,16,17)(H,18,19)/t11?,12?,13-/m1/s1. The maximum atomic E-state index is 12.3. The second-order valence-electron chi connectivity index (χ2n) is 5.15. The number of rotatable bonds is 4. The van der Waals surface area contributed by atoms with Crippen LogP contribution >= 0.6 is 12.6 Å². The van der Waals surface area contributed by atoms with Gasteiger partial charge < -0.3 is 10.4 Å². The molecule has 0 aliphatic heterocycles. The number of carbonyl (C=O) groups excluding carboxylic acids is 1. The second-order valence-corrected chi connectivity index (χ2v) is 5.81. The molecule has 0 radical (unpaired) electrons. The molecule has 0 bridgehead atoms. The van der Waals surface area contributed by atoms with Crippen LogP contribution in [0.15, 0.2) is 30.3 Å². The molecule has 0 saturated heterocycles. The lowest BCUT2D eigenvalue weighted by atomic mass is 9.87. The van der Waals surface area contributed by atoms with Gasteiger partial charge in [0.25, 0.3) is 0 Å². The van der Waals surface area contributed by atoms with Gasteiger partial charge in [-0.1, -0.05) is 43.2 Å². The topological polar surface area (TPSA) is 66.4 Å². The van der Waals surface area contributed by atoms with Gasteiger partial charge in [-0.05, 0) is 18.4 Å². The second kappa shape index (κ2) is 6.79. The van der Waals surface area contributed by atoms with Gasteiger partial charge in [-0.3, -0.25) is 4.79 Å². The Morgan fingerprint density at radius 1 is 1.20 bits per heavy atom. The SMILES string of the molecule is O=C(N[C@@H](C(=O)O)c1ccccc1)C1CCCCC1S. The van der Waals surface area contributed by atoms with E-state index >= 15 is 0 Å². The first-order valence-electron chi connectivity index (χ1n) is 6.86. The zero-order valence-electron chi connectivity index (χ0n) is 11.2. The molecule has 1 saturated carbocycles. The third-order valence-electron chi connectivity index (χ3n) is 3.73. The molecular formula is C15H19NO3S. The fraction of sp³-hybridized carbons (Fsp3) is 0.467. The number of hydrogen-bond acceptors (Lipinski definition) is 3. The lowest BCUT2D eigenvalue weighted by Crippen LogP contribution is -2.41. The lowest BCUT2D eigenvalue weighted by molar-refractivity contribution is -0.142. The summed E-state index contributed by atoms with van der Waals surface area (Å²) < 4.78 is 0. The Bertz CT molecular complexity index is 477. The van der Waals surface area contributed by atoms with Crippen LogP contribution in [0.1, 0.15) is 37.3 Å². The van der Waals surface area contributed by atoms with E-state index in [0.717, 1.165) is 25.7 Å². The number of benzene rings is 1. The largest absolute Gasteiger partial charge is 0.479 e. The molecule has 5 heteroatoms. The third kappa shape index (κ3) is 3.54. The number of carboxylic acids is 1. The van der Waals surface area contributed by atoms with Gasteiger partial charge in [-0.25, -0.2) is 4.79 Å². The highest BCUT2D eigenvalue weighted by Gasteiger charge is 2.31. The molecule has 1 fully saturated rings. The van der Waals surface area contributed by atoms with Gasteiger partial charge in [0, 0.05) is 11.2 Å². The highest BCUT2D eigenvalue weighted by atomic mass is 32.1. The molecule has 1 aromatic rings. The summed E-state index contributed by atoms with van der Waals surface area (Å²) in [6.45, 7) is 0. The van der Waals surface area contributed by atoms with E-state index in [4.69, 9.17) is 0 Å². The quantitative estimate of drug-likeness (QED) is 0.747. The summed E-state index contributed by atoms with van der Waals surface area (Å²) in [7, 11) is 0. The number of hydrogen-bond donors (Lipinski definition) is 3. The van der Waals surface area contributed by atoms with Gasteiger partial charge in [0.05, 0.1) is 0 Å². The summed E-state index contributed by atoms with van der Waals surface area (Å²) >= 11 is 4.45. The van der Waals surface area contributed by atoms with Gasteiger partial charge in [-0.2, -0.15) is 12.6 Å². The number of aliphatic carboxylic acids is 1. The van der Waals surface area contributed by atoms with E-state index in [1.54, 1.807) is 24.3 Å². The van der Waals surface area contributed by atoms with Gasteiger partial charge in [0.1, 0.15) is 0 Å². The van der Waals surface area contributed by atoms with Crippen molar-refractivity contribution in [3.8, 4) is 0 Å². The maximum absolute atomic E-state index is 12.3. The normalized spacial score (nSPS) is 23.9. The molecule has 1 amide bonds. The summed E-state index contributed by atoms with van der Waals surface area (Å²) in [5.74, 6) is -1.45. The van der Waals surface area contributed by atoms with Crippen molar-refractivity contribution < 1.29 is 14.7 Å². The predicted octanol–water partition coefficient (Wildman–Crippen LogP) is 2.42. The van der Waals surface area contributed by atoms with E-state index in [1.807, 2.05) is 6.07 Å². The lowest BCUT2D eigenvalue weighted by Gasteiger charge is -2.28. The average Bonchev–Trinajstić information content (AvgIpc) is 2.45. The number of amides is 1. The van der Waals surface area contributed by atoms with E-state index in [9.17, 15) is 14.7 Å². The fourth-order valence-electron chi connectivity index (χ4n) is 2.60. The van der Waals surface area contributed by atoms with E-state index in [1.165, 1.54) is 0 Å². The molecule has 3 atom stereocenters. The van der Waals surface area contributed by atoms with Crippen LogP contribution in [-0.4, -0.2) is 22.2 Å².